The Balaban J connectivity index is 2.65. The van der Waals surface area contributed by atoms with Crippen molar-refractivity contribution in [3.05, 3.63) is 28.8 Å². The van der Waals surface area contributed by atoms with E-state index in [1.54, 1.807) is 25.1 Å². The van der Waals surface area contributed by atoms with Crippen molar-refractivity contribution in [2.75, 3.05) is 11.9 Å². The Kier molecular flexibility index (Phi) is 6.18. The molecule has 1 amide bonds. The van der Waals surface area contributed by atoms with Gasteiger partial charge < -0.3 is 10.4 Å². The van der Waals surface area contributed by atoms with Crippen LogP contribution in [0.1, 0.15) is 32.3 Å². The molecule has 3 N–H and O–H groups in total. The summed E-state index contributed by atoms with van der Waals surface area (Å²) in [6, 6.07) is 5.24. The number of nitrogens with one attached hydrogen (secondary N) is 2. The first-order valence-electron chi connectivity index (χ1n) is 6.83. The maximum absolute atomic E-state index is 11.9. The van der Waals surface area contributed by atoms with E-state index in [1.165, 1.54) is 0 Å². The standard InChI is InChI=1S/C15H21ClN2O3/c1-4-8-15(3,14(20)21)17-9-13(19)18-12-7-5-6-11(16)10(12)2/h5-7,17H,4,8-9H2,1-3H3,(H,18,19)(H,20,21). The quantitative estimate of drug-likeness (QED) is 0.723. The Morgan fingerprint density at radius 1 is 1.38 bits per heavy atom. The monoisotopic (exact) mass is 312 g/mol. The molecule has 0 saturated carbocycles. The maximum Gasteiger partial charge on any atom is 0.323 e. The minimum atomic E-state index is -1.10. The zero-order chi connectivity index (χ0) is 16.0. The van der Waals surface area contributed by atoms with Crippen LogP contribution < -0.4 is 10.6 Å². The topological polar surface area (TPSA) is 78.4 Å². The number of halogens is 1. The summed E-state index contributed by atoms with van der Waals surface area (Å²) < 4.78 is 0. The Morgan fingerprint density at radius 3 is 2.62 bits per heavy atom. The van der Waals surface area contributed by atoms with Crippen molar-refractivity contribution in [1.29, 1.82) is 0 Å². The van der Waals surface area contributed by atoms with Gasteiger partial charge in [-0.1, -0.05) is 31.0 Å². The van der Waals surface area contributed by atoms with Gasteiger partial charge in [-0.05, 0) is 38.0 Å². The molecule has 0 heterocycles. The molecule has 1 unspecified atom stereocenters. The highest BCUT2D eigenvalue weighted by molar-refractivity contribution is 6.31. The summed E-state index contributed by atoms with van der Waals surface area (Å²) in [6.07, 6.45) is 1.16. The minimum absolute atomic E-state index is 0.0746. The number of aliphatic carboxylic acids is 1. The number of amides is 1. The summed E-state index contributed by atoms with van der Waals surface area (Å²) in [4.78, 5) is 23.2. The summed E-state index contributed by atoms with van der Waals surface area (Å²) in [7, 11) is 0. The maximum atomic E-state index is 11.9. The summed E-state index contributed by atoms with van der Waals surface area (Å²) >= 11 is 5.99. The molecule has 0 saturated heterocycles. The summed E-state index contributed by atoms with van der Waals surface area (Å²) in [5.74, 6) is -1.26. The molecule has 21 heavy (non-hydrogen) atoms. The smallest absolute Gasteiger partial charge is 0.323 e. The lowest BCUT2D eigenvalue weighted by Crippen LogP contribution is -2.51. The van der Waals surface area contributed by atoms with Crippen molar-refractivity contribution in [2.24, 2.45) is 0 Å². The number of rotatable bonds is 7. The fourth-order valence-electron chi connectivity index (χ4n) is 1.98. The first kappa shape index (κ1) is 17.5. The molecule has 5 nitrogen and oxygen atoms in total. The fraction of sp³-hybridized carbons (Fsp3) is 0.467. The highest BCUT2D eigenvalue weighted by Crippen LogP contribution is 2.22. The lowest BCUT2D eigenvalue weighted by molar-refractivity contribution is -0.144. The molecule has 0 aliphatic rings. The molecule has 0 aliphatic carbocycles. The van der Waals surface area contributed by atoms with E-state index in [9.17, 15) is 14.7 Å². The molecule has 0 radical (unpaired) electrons. The first-order valence-corrected chi connectivity index (χ1v) is 7.21. The van der Waals surface area contributed by atoms with E-state index in [-0.39, 0.29) is 12.5 Å². The summed E-state index contributed by atoms with van der Waals surface area (Å²) in [5, 5.41) is 15.3. The van der Waals surface area contributed by atoms with Gasteiger partial charge in [-0.2, -0.15) is 0 Å². The summed E-state index contributed by atoms with van der Waals surface area (Å²) in [5.41, 5.74) is 0.305. The van der Waals surface area contributed by atoms with Crippen LogP contribution in [0.5, 0.6) is 0 Å². The van der Waals surface area contributed by atoms with Gasteiger partial charge in [-0.3, -0.25) is 14.9 Å². The molecule has 1 rings (SSSR count). The molecule has 0 fully saturated rings. The highest BCUT2D eigenvalue weighted by atomic mass is 35.5. The van der Waals surface area contributed by atoms with Crippen LogP contribution in [0.3, 0.4) is 0 Å². The average molecular weight is 313 g/mol. The second-order valence-electron chi connectivity index (χ2n) is 5.20. The molecular weight excluding hydrogens is 292 g/mol. The van der Waals surface area contributed by atoms with Crippen molar-refractivity contribution in [3.63, 3.8) is 0 Å². The van der Waals surface area contributed by atoms with Crippen LogP contribution in [0.15, 0.2) is 18.2 Å². The van der Waals surface area contributed by atoms with E-state index in [2.05, 4.69) is 10.6 Å². The van der Waals surface area contributed by atoms with Crippen LogP contribution in [0.4, 0.5) is 5.69 Å². The van der Waals surface area contributed by atoms with E-state index in [4.69, 9.17) is 11.6 Å². The second-order valence-corrected chi connectivity index (χ2v) is 5.61. The first-order chi connectivity index (χ1) is 9.80. The predicted molar refractivity (Wildman–Crippen MR) is 83.8 cm³/mol. The molecule has 0 bridgehead atoms. The second kappa shape index (κ2) is 7.43. The van der Waals surface area contributed by atoms with Crippen LogP contribution in [0, 0.1) is 6.92 Å². The lowest BCUT2D eigenvalue weighted by Gasteiger charge is -2.25. The Labute approximate surface area is 129 Å². The van der Waals surface area contributed by atoms with Gasteiger partial charge in [0.1, 0.15) is 5.54 Å². The van der Waals surface area contributed by atoms with Crippen molar-refractivity contribution in [3.8, 4) is 0 Å². The third kappa shape index (κ3) is 4.72. The van der Waals surface area contributed by atoms with Crippen molar-refractivity contribution >= 4 is 29.2 Å². The van der Waals surface area contributed by atoms with Gasteiger partial charge in [0.2, 0.25) is 5.91 Å². The number of hydrogen-bond donors (Lipinski definition) is 3. The van der Waals surface area contributed by atoms with E-state index in [0.717, 1.165) is 5.56 Å². The SMILES string of the molecule is CCCC(C)(NCC(=O)Nc1cccc(Cl)c1C)C(=O)O. The van der Waals surface area contributed by atoms with E-state index < -0.39 is 11.5 Å². The number of carbonyl (C=O) groups excluding carboxylic acids is 1. The Hall–Kier alpha value is -1.59. The van der Waals surface area contributed by atoms with Crippen molar-refractivity contribution < 1.29 is 14.7 Å². The molecule has 6 heteroatoms. The van der Waals surface area contributed by atoms with E-state index in [0.29, 0.717) is 23.6 Å². The average Bonchev–Trinajstić information content (AvgIpc) is 2.42. The Morgan fingerprint density at radius 2 is 2.05 bits per heavy atom. The van der Waals surface area contributed by atoms with Crippen molar-refractivity contribution in [2.45, 2.75) is 39.2 Å². The molecule has 0 aromatic heterocycles. The van der Waals surface area contributed by atoms with E-state index in [1.807, 2.05) is 13.8 Å². The zero-order valence-electron chi connectivity index (χ0n) is 12.5. The number of hydrogen-bond acceptors (Lipinski definition) is 3. The van der Waals surface area contributed by atoms with Gasteiger partial charge in [0, 0.05) is 10.7 Å². The Bertz CT molecular complexity index is 534. The molecule has 0 spiro atoms. The summed E-state index contributed by atoms with van der Waals surface area (Å²) in [6.45, 7) is 5.22. The largest absolute Gasteiger partial charge is 0.480 e. The number of benzene rings is 1. The normalized spacial score (nSPS) is 13.5. The fourth-order valence-corrected chi connectivity index (χ4v) is 2.16. The number of carboxylic acid groups (broad SMARTS) is 1. The molecule has 116 valence electrons. The molecule has 1 aromatic rings. The minimum Gasteiger partial charge on any atom is -0.480 e. The van der Waals surface area contributed by atoms with Crippen LogP contribution in [0.25, 0.3) is 0 Å². The number of carboxylic acids is 1. The number of carbonyl (C=O) groups is 2. The van der Waals surface area contributed by atoms with Gasteiger partial charge in [-0.25, -0.2) is 0 Å². The predicted octanol–water partition coefficient (Wildman–Crippen LogP) is 2.82. The lowest BCUT2D eigenvalue weighted by atomic mass is 9.96. The highest BCUT2D eigenvalue weighted by Gasteiger charge is 2.31. The van der Waals surface area contributed by atoms with Crippen LogP contribution in [0.2, 0.25) is 5.02 Å². The third-order valence-electron chi connectivity index (χ3n) is 3.40. The molecule has 1 atom stereocenters. The van der Waals surface area contributed by atoms with Gasteiger partial charge in [0.25, 0.3) is 0 Å². The third-order valence-corrected chi connectivity index (χ3v) is 3.81. The van der Waals surface area contributed by atoms with Crippen LogP contribution in [-0.2, 0) is 9.59 Å². The van der Waals surface area contributed by atoms with Gasteiger partial charge >= 0.3 is 5.97 Å². The van der Waals surface area contributed by atoms with Gasteiger partial charge in [-0.15, -0.1) is 0 Å². The van der Waals surface area contributed by atoms with Gasteiger partial charge in [0.05, 0.1) is 6.54 Å². The van der Waals surface area contributed by atoms with Gasteiger partial charge in [0.15, 0.2) is 0 Å². The van der Waals surface area contributed by atoms with Crippen LogP contribution in [-0.4, -0.2) is 29.1 Å². The van der Waals surface area contributed by atoms with Crippen LogP contribution >= 0.6 is 11.6 Å². The number of anilines is 1. The molecular formula is C15H21ClN2O3. The van der Waals surface area contributed by atoms with Crippen molar-refractivity contribution in [1.82, 2.24) is 5.32 Å². The molecule has 1 aromatic carbocycles. The van der Waals surface area contributed by atoms with E-state index >= 15 is 0 Å². The molecule has 0 aliphatic heterocycles. The zero-order valence-corrected chi connectivity index (χ0v) is 13.3.